The summed E-state index contributed by atoms with van der Waals surface area (Å²) in [6.45, 7) is 4.15. The Morgan fingerprint density at radius 1 is 1.27 bits per heavy atom. The van der Waals surface area contributed by atoms with Crippen molar-refractivity contribution in [1.82, 2.24) is 4.98 Å². The van der Waals surface area contributed by atoms with Gasteiger partial charge < -0.3 is 10.2 Å². The smallest absolute Gasteiger partial charge is 0.231 e. The topological polar surface area (TPSA) is 62.3 Å². The molecule has 0 unspecified atom stereocenters. The van der Waals surface area contributed by atoms with Gasteiger partial charge in [0.15, 0.2) is 5.13 Å². The first-order valence-electron chi connectivity index (χ1n) is 10.3. The van der Waals surface area contributed by atoms with Crippen LogP contribution in [0.5, 0.6) is 0 Å². The number of aromatic nitrogens is 1. The van der Waals surface area contributed by atoms with E-state index in [-0.39, 0.29) is 23.8 Å². The quantitative estimate of drug-likeness (QED) is 0.608. The highest BCUT2D eigenvalue weighted by Gasteiger charge is 2.39. The number of aryl methyl sites for hydroxylation is 1. The molecule has 0 radical (unpaired) electrons. The summed E-state index contributed by atoms with van der Waals surface area (Å²) in [6, 6.07) is 10.4. The molecule has 1 N–H and O–H groups in total. The van der Waals surface area contributed by atoms with Gasteiger partial charge in [0.25, 0.3) is 0 Å². The Kier molecular flexibility index (Phi) is 4.95. The molecule has 7 heteroatoms. The highest BCUT2D eigenvalue weighted by molar-refractivity contribution is 7.16. The van der Waals surface area contributed by atoms with Crippen LogP contribution >= 0.6 is 22.7 Å². The molecule has 5 nitrogen and oxygen atoms in total. The largest absolute Gasteiger partial charge is 0.309 e. The van der Waals surface area contributed by atoms with E-state index >= 15 is 0 Å². The van der Waals surface area contributed by atoms with Crippen molar-refractivity contribution in [2.24, 2.45) is 5.92 Å². The van der Waals surface area contributed by atoms with Crippen LogP contribution in [0.3, 0.4) is 0 Å². The molecule has 1 atom stereocenters. The molecular weight excluding hydrogens is 414 g/mol. The van der Waals surface area contributed by atoms with Crippen LogP contribution in [0, 0.1) is 12.8 Å². The molecule has 1 aliphatic heterocycles. The second-order valence-electron chi connectivity index (χ2n) is 8.11. The van der Waals surface area contributed by atoms with Crippen molar-refractivity contribution in [3.63, 3.8) is 0 Å². The predicted molar refractivity (Wildman–Crippen MR) is 122 cm³/mol. The fourth-order valence-corrected chi connectivity index (χ4v) is 5.65. The summed E-state index contributed by atoms with van der Waals surface area (Å²) in [5.41, 5.74) is 4.17. The molecule has 2 aromatic heterocycles. The van der Waals surface area contributed by atoms with E-state index in [1.807, 2.05) is 35.4 Å². The van der Waals surface area contributed by atoms with E-state index < -0.39 is 0 Å². The second-order valence-corrected chi connectivity index (χ2v) is 10.3. The minimum atomic E-state index is -0.0465. The van der Waals surface area contributed by atoms with E-state index in [0.29, 0.717) is 11.6 Å². The first-order valence-corrected chi connectivity index (χ1v) is 11.9. The standard InChI is InChI=1S/C23H23N3O2S2/c1-13-10-17-11-16(7-8-19(17)26(13)22(28)15-5-6-15)21-14(2)30-23(25-21)24-20(27)12-18-4-3-9-29-18/h3-4,7-9,11,13,15H,5-6,10,12H2,1-2H3,(H,24,25,27)/t13-/m1/s1. The van der Waals surface area contributed by atoms with Crippen LogP contribution in [0.1, 0.15) is 35.1 Å². The van der Waals surface area contributed by atoms with Gasteiger partial charge in [-0.05, 0) is 62.3 Å². The molecule has 2 amide bonds. The Morgan fingerprint density at radius 2 is 2.10 bits per heavy atom. The number of fused-ring (bicyclic) bond motifs is 1. The lowest BCUT2D eigenvalue weighted by atomic mass is 10.0. The van der Waals surface area contributed by atoms with Crippen LogP contribution in [-0.4, -0.2) is 22.8 Å². The van der Waals surface area contributed by atoms with E-state index in [0.717, 1.165) is 46.0 Å². The van der Waals surface area contributed by atoms with E-state index in [2.05, 4.69) is 24.4 Å². The highest BCUT2D eigenvalue weighted by atomic mass is 32.1. The van der Waals surface area contributed by atoms with Crippen molar-refractivity contribution >= 4 is 45.3 Å². The van der Waals surface area contributed by atoms with Gasteiger partial charge in [-0.3, -0.25) is 9.59 Å². The molecule has 0 saturated heterocycles. The van der Waals surface area contributed by atoms with Gasteiger partial charge in [-0.25, -0.2) is 4.98 Å². The number of carbonyl (C=O) groups is 2. The van der Waals surface area contributed by atoms with Crippen molar-refractivity contribution in [2.75, 3.05) is 10.2 Å². The highest BCUT2D eigenvalue weighted by Crippen LogP contribution is 2.41. The van der Waals surface area contributed by atoms with Gasteiger partial charge in [-0.15, -0.1) is 22.7 Å². The molecule has 0 spiro atoms. The van der Waals surface area contributed by atoms with Gasteiger partial charge in [0.1, 0.15) is 0 Å². The third kappa shape index (κ3) is 3.68. The number of thiophene rings is 1. The van der Waals surface area contributed by atoms with Gasteiger partial charge in [0.05, 0.1) is 12.1 Å². The SMILES string of the molecule is Cc1sc(NC(=O)Cc2cccs2)nc1-c1ccc2c(c1)C[C@@H](C)N2C(=O)C1CC1. The molecule has 5 rings (SSSR count). The van der Waals surface area contributed by atoms with E-state index in [4.69, 9.17) is 4.98 Å². The summed E-state index contributed by atoms with van der Waals surface area (Å²) >= 11 is 3.08. The molecule has 154 valence electrons. The maximum absolute atomic E-state index is 12.7. The summed E-state index contributed by atoms with van der Waals surface area (Å²) in [5.74, 6) is 0.448. The lowest BCUT2D eigenvalue weighted by molar-refractivity contribution is -0.120. The van der Waals surface area contributed by atoms with Gasteiger partial charge in [-0.2, -0.15) is 0 Å². The molecule has 1 aromatic carbocycles. The Balaban J connectivity index is 1.36. The minimum absolute atomic E-state index is 0.0465. The zero-order valence-corrected chi connectivity index (χ0v) is 18.6. The van der Waals surface area contributed by atoms with Crippen molar-refractivity contribution in [1.29, 1.82) is 0 Å². The molecule has 1 fully saturated rings. The molecule has 3 aromatic rings. The zero-order chi connectivity index (χ0) is 20.8. The van der Waals surface area contributed by atoms with Gasteiger partial charge in [-0.1, -0.05) is 12.1 Å². The van der Waals surface area contributed by atoms with Crippen LogP contribution < -0.4 is 10.2 Å². The molecule has 2 aliphatic rings. The van der Waals surface area contributed by atoms with Crippen molar-refractivity contribution in [2.45, 2.75) is 45.6 Å². The number of hydrogen-bond donors (Lipinski definition) is 1. The third-order valence-electron chi connectivity index (χ3n) is 5.69. The summed E-state index contributed by atoms with van der Waals surface area (Å²) in [4.78, 5) is 33.8. The maximum atomic E-state index is 12.7. The van der Waals surface area contributed by atoms with Gasteiger partial charge in [0, 0.05) is 33.0 Å². The first-order chi connectivity index (χ1) is 14.5. The fraction of sp³-hybridized carbons (Fsp3) is 0.348. The van der Waals surface area contributed by atoms with E-state index in [1.54, 1.807) is 11.3 Å². The first kappa shape index (κ1) is 19.5. The number of nitrogens with zero attached hydrogens (tertiary/aromatic N) is 2. The number of thiazole rings is 1. The third-order valence-corrected chi connectivity index (χ3v) is 7.45. The van der Waals surface area contributed by atoms with Crippen molar-refractivity contribution in [3.8, 4) is 11.3 Å². The number of carbonyl (C=O) groups excluding carboxylic acids is 2. The molecular formula is C23H23N3O2S2. The predicted octanol–water partition coefficient (Wildman–Crippen LogP) is 5.05. The molecule has 3 heterocycles. The van der Waals surface area contributed by atoms with E-state index in [9.17, 15) is 9.59 Å². The Morgan fingerprint density at radius 3 is 2.83 bits per heavy atom. The number of hydrogen-bond acceptors (Lipinski definition) is 5. The second kappa shape index (κ2) is 7.63. The number of anilines is 2. The molecule has 0 bridgehead atoms. The average molecular weight is 438 g/mol. The lowest BCUT2D eigenvalue weighted by Gasteiger charge is -2.22. The average Bonchev–Trinajstić information content (AvgIpc) is 3.17. The maximum Gasteiger partial charge on any atom is 0.231 e. The molecule has 1 saturated carbocycles. The summed E-state index contributed by atoms with van der Waals surface area (Å²) in [6.07, 6.45) is 3.28. The monoisotopic (exact) mass is 437 g/mol. The normalized spacial score (nSPS) is 17.8. The van der Waals surface area contributed by atoms with Crippen molar-refractivity contribution in [3.05, 3.63) is 51.0 Å². The lowest BCUT2D eigenvalue weighted by Crippen LogP contribution is -2.36. The van der Waals surface area contributed by atoms with Crippen LogP contribution in [0.2, 0.25) is 0 Å². The summed E-state index contributed by atoms with van der Waals surface area (Å²) < 4.78 is 0. The summed E-state index contributed by atoms with van der Waals surface area (Å²) in [7, 11) is 0. The van der Waals surface area contributed by atoms with Crippen LogP contribution in [-0.2, 0) is 22.4 Å². The number of nitrogens with one attached hydrogen (secondary N) is 1. The van der Waals surface area contributed by atoms with Crippen LogP contribution in [0.25, 0.3) is 11.3 Å². The molecule has 30 heavy (non-hydrogen) atoms. The van der Waals surface area contributed by atoms with Gasteiger partial charge in [0.2, 0.25) is 11.8 Å². The number of amides is 2. The van der Waals surface area contributed by atoms with Crippen LogP contribution in [0.4, 0.5) is 10.8 Å². The number of rotatable bonds is 5. The Labute approximate surface area is 183 Å². The summed E-state index contributed by atoms with van der Waals surface area (Å²) in [5, 5.41) is 5.54. The minimum Gasteiger partial charge on any atom is -0.309 e. The van der Waals surface area contributed by atoms with Gasteiger partial charge >= 0.3 is 0 Å². The zero-order valence-electron chi connectivity index (χ0n) is 17.0. The van der Waals surface area contributed by atoms with Crippen LogP contribution in [0.15, 0.2) is 35.7 Å². The number of benzene rings is 1. The Bertz CT molecular complexity index is 1120. The van der Waals surface area contributed by atoms with Crippen molar-refractivity contribution < 1.29 is 9.59 Å². The Hall–Kier alpha value is -2.51. The van der Waals surface area contributed by atoms with E-state index in [1.165, 1.54) is 16.9 Å². The molecule has 1 aliphatic carbocycles. The fourth-order valence-electron chi connectivity index (χ4n) is 4.09.